The minimum absolute atomic E-state index is 0.106. The molecule has 0 aromatic carbocycles. The van der Waals surface area contributed by atoms with Crippen LogP contribution < -0.4 is 11.3 Å². The van der Waals surface area contributed by atoms with Crippen LogP contribution in [0.15, 0.2) is 29.2 Å². The first-order chi connectivity index (χ1) is 16.2. The van der Waals surface area contributed by atoms with Gasteiger partial charge in [-0.2, -0.15) is 0 Å². The minimum atomic E-state index is -0.207. The van der Waals surface area contributed by atoms with E-state index in [0.717, 1.165) is 69.9 Å². The van der Waals surface area contributed by atoms with Gasteiger partial charge in [0.15, 0.2) is 0 Å². The summed E-state index contributed by atoms with van der Waals surface area (Å²) in [7, 11) is 0. The Labute approximate surface area is 201 Å². The van der Waals surface area contributed by atoms with E-state index in [1.165, 1.54) is 0 Å². The van der Waals surface area contributed by atoms with Crippen LogP contribution in [0.4, 0.5) is 5.82 Å². The number of nitrogens with one attached hydrogen (secondary N) is 1. The molecule has 2 aromatic rings. The smallest absolute Gasteiger partial charge is 0.251 e. The number of H-pyrrole nitrogens is 1. The van der Waals surface area contributed by atoms with Crippen molar-refractivity contribution in [2.75, 3.05) is 45.0 Å². The van der Waals surface area contributed by atoms with Crippen LogP contribution in [0, 0.1) is 5.92 Å². The number of carbonyl (C=O) groups is 1. The van der Waals surface area contributed by atoms with Crippen molar-refractivity contribution in [1.29, 1.82) is 0 Å². The number of hydrogen-bond donors (Lipinski definition) is 2. The van der Waals surface area contributed by atoms with Crippen LogP contribution in [0.2, 0.25) is 0 Å². The Kier molecular flexibility index (Phi) is 7.33. The molecule has 2 aromatic heterocycles. The van der Waals surface area contributed by atoms with E-state index in [0.29, 0.717) is 18.2 Å². The summed E-state index contributed by atoms with van der Waals surface area (Å²) in [4.78, 5) is 43.5. The monoisotopic (exact) mass is 467 g/mol. The third-order valence-electron chi connectivity index (χ3n) is 6.76. The number of anilines is 1. The minimum Gasteiger partial charge on any atom is -0.384 e. The van der Waals surface area contributed by atoms with Gasteiger partial charge in [-0.15, -0.1) is 0 Å². The lowest BCUT2D eigenvalue weighted by molar-refractivity contribution is -0.139. The van der Waals surface area contributed by atoms with Crippen molar-refractivity contribution in [3.63, 3.8) is 0 Å². The molecule has 0 radical (unpaired) electrons. The van der Waals surface area contributed by atoms with Crippen LogP contribution in [0.3, 0.4) is 0 Å². The lowest BCUT2D eigenvalue weighted by atomic mass is 9.94. The fraction of sp³-hybridized carbons (Fsp3) is 0.600. The van der Waals surface area contributed by atoms with Crippen LogP contribution in [-0.4, -0.2) is 74.8 Å². The normalized spacial score (nSPS) is 18.9. The van der Waals surface area contributed by atoms with E-state index >= 15 is 0 Å². The number of hydrogen-bond acceptors (Lipinski definition) is 7. The topological polar surface area (TPSA) is 111 Å². The summed E-state index contributed by atoms with van der Waals surface area (Å²) in [5, 5.41) is 0. The number of aromatic nitrogens is 3. The van der Waals surface area contributed by atoms with Crippen LogP contribution in [0.1, 0.15) is 50.7 Å². The van der Waals surface area contributed by atoms with E-state index in [2.05, 4.69) is 24.8 Å². The highest BCUT2D eigenvalue weighted by Gasteiger charge is 2.30. The zero-order valence-corrected chi connectivity index (χ0v) is 20.6. The molecule has 0 saturated carbocycles. The number of piperazine rings is 1. The van der Waals surface area contributed by atoms with E-state index in [9.17, 15) is 9.59 Å². The molecule has 9 heteroatoms. The van der Waals surface area contributed by atoms with Crippen molar-refractivity contribution < 1.29 is 4.79 Å². The zero-order chi connectivity index (χ0) is 24.3. The second-order valence-corrected chi connectivity index (χ2v) is 10.6. The second kappa shape index (κ2) is 10.2. The second-order valence-electron chi connectivity index (χ2n) is 10.6. The number of nitrogen functional groups attached to an aromatic ring is 1. The average molecular weight is 468 g/mol. The molecule has 0 unspecified atom stereocenters. The molecular formula is C25H37N7O2. The maximum absolute atomic E-state index is 13.1. The number of amides is 1. The molecule has 2 saturated heterocycles. The van der Waals surface area contributed by atoms with Gasteiger partial charge in [0.1, 0.15) is 11.6 Å². The van der Waals surface area contributed by atoms with Crippen molar-refractivity contribution in [2.24, 2.45) is 5.92 Å². The lowest BCUT2D eigenvalue weighted by Gasteiger charge is -2.38. The molecule has 34 heavy (non-hydrogen) atoms. The van der Waals surface area contributed by atoms with E-state index < -0.39 is 0 Å². The van der Waals surface area contributed by atoms with Crippen molar-refractivity contribution >= 4 is 11.7 Å². The number of aromatic amines is 1. The molecule has 1 amide bonds. The fourth-order valence-corrected chi connectivity index (χ4v) is 4.75. The molecule has 0 spiro atoms. The predicted molar refractivity (Wildman–Crippen MR) is 132 cm³/mol. The highest BCUT2D eigenvalue weighted by Crippen LogP contribution is 2.23. The number of piperidine rings is 1. The van der Waals surface area contributed by atoms with Crippen molar-refractivity contribution in [3.8, 4) is 0 Å². The van der Waals surface area contributed by atoms with Crippen LogP contribution in [-0.2, 0) is 23.3 Å². The van der Waals surface area contributed by atoms with Crippen LogP contribution >= 0.6 is 0 Å². The van der Waals surface area contributed by atoms with E-state index in [-0.39, 0.29) is 22.8 Å². The molecule has 9 nitrogen and oxygen atoms in total. The molecule has 2 fully saturated rings. The number of pyridine rings is 1. The summed E-state index contributed by atoms with van der Waals surface area (Å²) in [6, 6.07) is 5.50. The summed E-state index contributed by atoms with van der Waals surface area (Å²) < 4.78 is 0. The van der Waals surface area contributed by atoms with E-state index in [1.807, 2.05) is 37.8 Å². The number of nitrogens with zero attached hydrogens (tertiary/aromatic N) is 5. The Morgan fingerprint density at radius 3 is 2.38 bits per heavy atom. The largest absolute Gasteiger partial charge is 0.384 e. The van der Waals surface area contributed by atoms with Crippen molar-refractivity contribution in [2.45, 2.75) is 52.1 Å². The fourth-order valence-electron chi connectivity index (χ4n) is 4.75. The number of nitrogens with two attached hydrogens (primary N) is 1. The van der Waals surface area contributed by atoms with Gasteiger partial charge >= 0.3 is 0 Å². The van der Waals surface area contributed by atoms with Gasteiger partial charge in [-0.3, -0.25) is 19.4 Å². The molecular weight excluding hydrogens is 430 g/mol. The molecule has 0 bridgehead atoms. The first kappa shape index (κ1) is 24.3. The number of rotatable bonds is 5. The highest BCUT2D eigenvalue weighted by molar-refractivity contribution is 5.79. The molecule has 4 rings (SSSR count). The average Bonchev–Trinajstić information content (AvgIpc) is 2.79. The van der Waals surface area contributed by atoms with Gasteiger partial charge in [-0.25, -0.2) is 9.97 Å². The molecule has 0 aliphatic carbocycles. The Morgan fingerprint density at radius 1 is 1.06 bits per heavy atom. The summed E-state index contributed by atoms with van der Waals surface area (Å²) in [6.07, 6.45) is 3.54. The molecule has 4 heterocycles. The third kappa shape index (κ3) is 6.21. The molecule has 3 N–H and O–H groups in total. The Hall–Kier alpha value is -2.78. The maximum Gasteiger partial charge on any atom is 0.251 e. The molecule has 2 aliphatic rings. The maximum atomic E-state index is 13.1. The SMILES string of the molecule is CC(C)(C)c1nc(CN2CCN(C(=O)C3CCN(Cc4ccnc(N)c4)CC3)CC2)cc(=O)[nH]1. The Balaban J connectivity index is 1.24. The molecule has 2 aliphatic heterocycles. The first-order valence-electron chi connectivity index (χ1n) is 12.2. The van der Waals surface area contributed by atoms with Gasteiger partial charge in [0.25, 0.3) is 5.56 Å². The van der Waals surface area contributed by atoms with Gasteiger partial charge in [0, 0.05) is 62.9 Å². The summed E-state index contributed by atoms with van der Waals surface area (Å²) in [5.74, 6) is 1.65. The van der Waals surface area contributed by atoms with Crippen molar-refractivity contribution in [1.82, 2.24) is 29.7 Å². The van der Waals surface area contributed by atoms with Crippen molar-refractivity contribution in [3.05, 3.63) is 51.8 Å². The van der Waals surface area contributed by atoms with E-state index in [4.69, 9.17) is 5.73 Å². The summed E-state index contributed by atoms with van der Waals surface area (Å²) in [5.41, 5.74) is 7.43. The van der Waals surface area contributed by atoms with Gasteiger partial charge in [0.2, 0.25) is 5.91 Å². The number of carbonyl (C=O) groups excluding carboxylic acids is 1. The predicted octanol–water partition coefficient (Wildman–Crippen LogP) is 1.60. The van der Waals surface area contributed by atoms with Crippen LogP contribution in [0.5, 0.6) is 0 Å². The third-order valence-corrected chi connectivity index (χ3v) is 6.76. The first-order valence-corrected chi connectivity index (χ1v) is 12.2. The van der Waals surface area contributed by atoms with Gasteiger partial charge in [-0.1, -0.05) is 20.8 Å². The van der Waals surface area contributed by atoms with Gasteiger partial charge in [0.05, 0.1) is 5.69 Å². The molecule has 184 valence electrons. The summed E-state index contributed by atoms with van der Waals surface area (Å²) in [6.45, 7) is 12.5. The summed E-state index contributed by atoms with van der Waals surface area (Å²) >= 11 is 0. The van der Waals surface area contributed by atoms with E-state index in [1.54, 1.807) is 12.3 Å². The lowest BCUT2D eigenvalue weighted by Crippen LogP contribution is -2.51. The zero-order valence-electron chi connectivity index (χ0n) is 20.6. The van der Waals surface area contributed by atoms with Crippen LogP contribution in [0.25, 0.3) is 0 Å². The number of likely N-dealkylation sites (tertiary alicyclic amines) is 1. The van der Waals surface area contributed by atoms with Gasteiger partial charge in [-0.05, 0) is 43.6 Å². The Bertz CT molecular complexity index is 1050. The standard InChI is InChI=1S/C25H37N7O2/c1-25(2,3)24-28-20(15-22(33)29-24)17-31-10-12-32(13-11-31)23(34)19-5-8-30(9-6-19)16-18-4-7-27-21(26)14-18/h4,7,14-15,19H,5-6,8-13,16-17H2,1-3H3,(H2,26,27)(H,28,29,33). The Morgan fingerprint density at radius 2 is 1.74 bits per heavy atom. The molecule has 0 atom stereocenters. The van der Waals surface area contributed by atoms with Gasteiger partial charge < -0.3 is 15.6 Å². The highest BCUT2D eigenvalue weighted by atomic mass is 16.2. The quantitative estimate of drug-likeness (QED) is 0.687.